The highest BCUT2D eigenvalue weighted by molar-refractivity contribution is 5.94. The van der Waals surface area contributed by atoms with Crippen molar-refractivity contribution in [1.82, 2.24) is 14.7 Å². The Hall–Kier alpha value is -4.12. The van der Waals surface area contributed by atoms with E-state index in [2.05, 4.69) is 10.1 Å². The number of aromatic nitrogens is 3. The topological polar surface area (TPSA) is 107 Å². The lowest BCUT2D eigenvalue weighted by Gasteiger charge is -2.01. The molecular weight excluding hydrogens is 360 g/mol. The summed E-state index contributed by atoms with van der Waals surface area (Å²) in [6.07, 6.45) is 3.44. The number of ether oxygens (including phenoxy) is 1. The quantitative estimate of drug-likeness (QED) is 0.491. The summed E-state index contributed by atoms with van der Waals surface area (Å²) in [5.41, 5.74) is 0.973. The van der Waals surface area contributed by atoms with Gasteiger partial charge in [-0.25, -0.2) is 4.79 Å². The number of furan rings is 1. The molecule has 0 aliphatic heterocycles. The summed E-state index contributed by atoms with van der Waals surface area (Å²) < 4.78 is 17.6. The normalized spacial score (nSPS) is 10.6. The highest BCUT2D eigenvalue weighted by Crippen LogP contribution is 2.26. The first-order chi connectivity index (χ1) is 13.7. The van der Waals surface area contributed by atoms with Crippen molar-refractivity contribution in [3.63, 3.8) is 0 Å². The summed E-state index contributed by atoms with van der Waals surface area (Å²) in [5.74, 6) is 0.411. The molecular formula is C20H14N4O4. The third kappa shape index (κ3) is 3.17. The van der Waals surface area contributed by atoms with Crippen LogP contribution >= 0.6 is 0 Å². The van der Waals surface area contributed by atoms with Gasteiger partial charge in [0.2, 0.25) is 11.7 Å². The molecule has 0 radical (unpaired) electrons. The van der Waals surface area contributed by atoms with Crippen molar-refractivity contribution in [3.05, 3.63) is 77.6 Å². The van der Waals surface area contributed by atoms with Gasteiger partial charge >= 0.3 is 5.97 Å². The summed E-state index contributed by atoms with van der Waals surface area (Å²) in [5, 5.41) is 13.4. The fourth-order valence-electron chi connectivity index (χ4n) is 2.75. The number of nitriles is 1. The number of rotatable bonds is 5. The molecule has 1 aromatic carbocycles. The lowest BCUT2D eigenvalue weighted by atomic mass is 10.1. The van der Waals surface area contributed by atoms with Crippen molar-refractivity contribution in [2.45, 2.75) is 13.5 Å². The van der Waals surface area contributed by atoms with E-state index in [1.54, 1.807) is 36.0 Å². The van der Waals surface area contributed by atoms with Crippen LogP contribution in [0, 0.1) is 18.3 Å². The summed E-state index contributed by atoms with van der Waals surface area (Å²) in [7, 11) is 0. The van der Waals surface area contributed by atoms with Gasteiger partial charge in [-0.15, -0.1) is 0 Å². The maximum absolute atomic E-state index is 12.5. The van der Waals surface area contributed by atoms with Crippen LogP contribution in [-0.4, -0.2) is 20.7 Å². The van der Waals surface area contributed by atoms with E-state index in [4.69, 9.17) is 13.7 Å². The highest BCUT2D eigenvalue weighted by Gasteiger charge is 2.26. The molecule has 3 aromatic heterocycles. The van der Waals surface area contributed by atoms with Crippen LogP contribution in [0.3, 0.4) is 0 Å². The Bertz CT molecular complexity index is 1150. The van der Waals surface area contributed by atoms with Gasteiger partial charge < -0.3 is 13.7 Å². The van der Waals surface area contributed by atoms with E-state index >= 15 is 0 Å². The van der Waals surface area contributed by atoms with Crippen molar-refractivity contribution in [3.8, 4) is 23.3 Å². The van der Waals surface area contributed by atoms with Crippen LogP contribution in [0.25, 0.3) is 17.3 Å². The molecule has 0 fully saturated rings. The van der Waals surface area contributed by atoms with Gasteiger partial charge in [0.25, 0.3) is 5.89 Å². The van der Waals surface area contributed by atoms with Crippen LogP contribution in [0.5, 0.6) is 0 Å². The van der Waals surface area contributed by atoms with E-state index < -0.39 is 5.97 Å². The van der Waals surface area contributed by atoms with Gasteiger partial charge in [-0.3, -0.25) is 4.57 Å². The van der Waals surface area contributed by atoms with Crippen molar-refractivity contribution < 1.29 is 18.5 Å². The molecule has 28 heavy (non-hydrogen) atoms. The number of nitrogens with zero attached hydrogens (tertiary/aromatic N) is 4. The van der Waals surface area contributed by atoms with Crippen molar-refractivity contribution in [2.24, 2.45) is 0 Å². The van der Waals surface area contributed by atoms with Gasteiger partial charge in [0.05, 0.1) is 0 Å². The summed E-state index contributed by atoms with van der Waals surface area (Å²) in [6.45, 7) is 1.39. The Labute approximate surface area is 159 Å². The second-order valence-corrected chi connectivity index (χ2v) is 5.87. The molecule has 0 unspecified atom stereocenters. The van der Waals surface area contributed by atoms with Crippen LogP contribution in [-0.2, 0) is 11.3 Å². The molecule has 8 heteroatoms. The zero-order valence-corrected chi connectivity index (χ0v) is 14.8. The highest BCUT2D eigenvalue weighted by atomic mass is 16.6. The van der Waals surface area contributed by atoms with E-state index in [9.17, 15) is 10.1 Å². The minimum absolute atomic E-state index is 0.0778. The molecule has 8 nitrogen and oxygen atoms in total. The van der Waals surface area contributed by atoms with Crippen LogP contribution in [0.4, 0.5) is 0 Å². The predicted molar refractivity (Wildman–Crippen MR) is 96.3 cm³/mol. The molecule has 0 spiro atoms. The summed E-state index contributed by atoms with van der Waals surface area (Å²) >= 11 is 0. The molecule has 0 aliphatic rings. The van der Waals surface area contributed by atoms with E-state index in [1.807, 2.05) is 36.4 Å². The Kier molecular flexibility index (Phi) is 4.48. The fourth-order valence-corrected chi connectivity index (χ4v) is 2.75. The van der Waals surface area contributed by atoms with Gasteiger partial charge in [-0.05, 0) is 19.1 Å². The molecule has 0 saturated heterocycles. The van der Waals surface area contributed by atoms with Gasteiger partial charge in [0, 0.05) is 18.0 Å². The monoisotopic (exact) mass is 374 g/mol. The smallest absolute Gasteiger partial charge is 0.343 e. The minimum Gasteiger partial charge on any atom is -0.452 e. The molecule has 4 rings (SSSR count). The number of hydrogen-bond acceptors (Lipinski definition) is 7. The Morgan fingerprint density at radius 1 is 1.21 bits per heavy atom. The summed E-state index contributed by atoms with van der Waals surface area (Å²) in [4.78, 5) is 16.8. The van der Waals surface area contributed by atoms with Crippen LogP contribution in [0.15, 0.2) is 63.8 Å². The van der Waals surface area contributed by atoms with Crippen molar-refractivity contribution in [2.75, 3.05) is 0 Å². The third-order valence-corrected chi connectivity index (χ3v) is 4.05. The Morgan fingerprint density at radius 2 is 1.96 bits per heavy atom. The van der Waals surface area contributed by atoms with Crippen molar-refractivity contribution >= 4 is 5.97 Å². The largest absolute Gasteiger partial charge is 0.452 e. The van der Waals surface area contributed by atoms with Crippen LogP contribution in [0.1, 0.15) is 27.6 Å². The molecule has 138 valence electrons. The van der Waals surface area contributed by atoms with Crippen LogP contribution in [0.2, 0.25) is 0 Å². The average molecular weight is 374 g/mol. The molecule has 4 aromatic rings. The number of carbonyl (C=O) groups is 1. The number of carbonyl (C=O) groups excluding carboxylic acids is 1. The number of benzene rings is 1. The number of esters is 1. The lowest BCUT2D eigenvalue weighted by molar-refractivity contribution is 0.0427. The first-order valence-electron chi connectivity index (χ1n) is 8.39. The zero-order chi connectivity index (χ0) is 19.5. The molecule has 0 aliphatic carbocycles. The van der Waals surface area contributed by atoms with E-state index in [0.29, 0.717) is 11.6 Å². The van der Waals surface area contributed by atoms with E-state index in [0.717, 1.165) is 5.56 Å². The van der Waals surface area contributed by atoms with E-state index in [-0.39, 0.29) is 29.5 Å². The average Bonchev–Trinajstić information content (AvgIpc) is 3.46. The first kappa shape index (κ1) is 17.3. The SMILES string of the molecule is Cc1oc(-n2cccc2)c(C#N)c1C(=O)OCc1nc(-c2ccccc2)no1. The molecule has 0 saturated carbocycles. The fraction of sp³-hybridized carbons (Fsp3) is 0.100. The van der Waals surface area contributed by atoms with Crippen LogP contribution < -0.4 is 0 Å². The minimum atomic E-state index is -0.698. The maximum atomic E-state index is 12.5. The van der Waals surface area contributed by atoms with Crippen molar-refractivity contribution in [1.29, 1.82) is 5.26 Å². The first-order valence-corrected chi connectivity index (χ1v) is 8.39. The Balaban J connectivity index is 1.52. The molecule has 0 amide bonds. The van der Waals surface area contributed by atoms with Gasteiger partial charge in [-0.2, -0.15) is 10.2 Å². The molecule has 0 bridgehead atoms. The summed E-state index contributed by atoms with van der Waals surface area (Å²) in [6, 6.07) is 14.9. The Morgan fingerprint density at radius 3 is 2.68 bits per heavy atom. The maximum Gasteiger partial charge on any atom is 0.343 e. The van der Waals surface area contributed by atoms with Gasteiger partial charge in [0.15, 0.2) is 6.61 Å². The van der Waals surface area contributed by atoms with Gasteiger partial charge in [0.1, 0.15) is 23.0 Å². The second kappa shape index (κ2) is 7.25. The third-order valence-electron chi connectivity index (χ3n) is 4.05. The second-order valence-electron chi connectivity index (χ2n) is 5.87. The van der Waals surface area contributed by atoms with E-state index in [1.165, 1.54) is 0 Å². The zero-order valence-electron chi connectivity index (χ0n) is 14.8. The van der Waals surface area contributed by atoms with Gasteiger partial charge in [-0.1, -0.05) is 35.5 Å². The molecule has 3 heterocycles. The predicted octanol–water partition coefficient (Wildman–Crippen LogP) is 3.66. The molecule has 0 N–H and O–H groups in total. The number of aryl methyl sites for hydroxylation is 1. The number of hydrogen-bond donors (Lipinski definition) is 0. The standard InChI is InChI=1S/C20H14N4O4/c1-13-17(15(11-21)19(27-13)24-9-5-6-10-24)20(25)26-12-16-22-18(23-28-16)14-7-3-2-4-8-14/h2-10H,12H2,1H3. The molecule has 0 atom stereocenters. The lowest BCUT2D eigenvalue weighted by Crippen LogP contribution is -2.08.